The average Bonchev–Trinajstić information content (AvgIpc) is 2.92. The van der Waals surface area contributed by atoms with E-state index in [2.05, 4.69) is 4.98 Å². The van der Waals surface area contributed by atoms with Gasteiger partial charge in [0.25, 0.3) is 5.91 Å². The fraction of sp³-hybridized carbons (Fsp3) is 0.538. The van der Waals surface area contributed by atoms with E-state index in [1.54, 1.807) is 24.5 Å². The van der Waals surface area contributed by atoms with Crippen LogP contribution in [-0.2, 0) is 0 Å². The molecule has 1 aliphatic carbocycles. The summed E-state index contributed by atoms with van der Waals surface area (Å²) in [6, 6.07) is 3.57. The molecule has 2 aliphatic rings. The monoisotopic (exact) mass is 232 g/mol. The number of hydrogen-bond acceptors (Lipinski definition) is 3. The lowest BCUT2D eigenvalue weighted by molar-refractivity contribution is 0.0752. The average molecular weight is 232 g/mol. The molecule has 1 aliphatic heterocycles. The molecule has 3 unspecified atom stereocenters. The summed E-state index contributed by atoms with van der Waals surface area (Å²) in [5, 5.41) is 9.82. The Balaban J connectivity index is 1.73. The summed E-state index contributed by atoms with van der Waals surface area (Å²) >= 11 is 0. The van der Waals surface area contributed by atoms with Gasteiger partial charge in [-0.1, -0.05) is 0 Å². The Morgan fingerprint density at radius 2 is 2.29 bits per heavy atom. The highest BCUT2D eigenvalue weighted by Crippen LogP contribution is 2.38. The van der Waals surface area contributed by atoms with Crippen LogP contribution in [0.25, 0.3) is 0 Å². The number of aromatic nitrogens is 1. The smallest absolute Gasteiger partial charge is 0.255 e. The normalized spacial score (nSPS) is 31.6. The number of amides is 1. The van der Waals surface area contributed by atoms with Crippen molar-refractivity contribution in [2.45, 2.75) is 18.9 Å². The molecule has 1 amide bonds. The molecule has 4 nitrogen and oxygen atoms in total. The van der Waals surface area contributed by atoms with Gasteiger partial charge in [-0.3, -0.25) is 9.78 Å². The van der Waals surface area contributed by atoms with Crippen LogP contribution in [0.1, 0.15) is 23.2 Å². The summed E-state index contributed by atoms with van der Waals surface area (Å²) in [6.07, 6.45) is 4.99. The van der Waals surface area contributed by atoms with Gasteiger partial charge in [-0.2, -0.15) is 0 Å². The molecule has 17 heavy (non-hydrogen) atoms. The number of rotatable bonds is 1. The van der Waals surface area contributed by atoms with Crippen LogP contribution in [0.2, 0.25) is 0 Å². The lowest BCUT2D eigenvalue weighted by Crippen LogP contribution is -2.31. The third-order valence-corrected chi connectivity index (χ3v) is 4.01. The number of aliphatic hydroxyl groups excluding tert-OH is 1. The highest BCUT2D eigenvalue weighted by atomic mass is 16.3. The highest BCUT2D eigenvalue weighted by molar-refractivity contribution is 5.94. The summed E-state index contributed by atoms with van der Waals surface area (Å²) < 4.78 is 0. The molecule has 1 aromatic rings. The van der Waals surface area contributed by atoms with Crippen LogP contribution in [0, 0.1) is 11.8 Å². The Morgan fingerprint density at radius 1 is 1.41 bits per heavy atom. The minimum absolute atomic E-state index is 0.0414. The maximum Gasteiger partial charge on any atom is 0.255 e. The molecule has 3 rings (SSSR count). The van der Waals surface area contributed by atoms with E-state index >= 15 is 0 Å². The van der Waals surface area contributed by atoms with E-state index < -0.39 is 0 Å². The summed E-state index contributed by atoms with van der Waals surface area (Å²) in [4.78, 5) is 18.0. The zero-order chi connectivity index (χ0) is 11.8. The van der Waals surface area contributed by atoms with E-state index in [9.17, 15) is 9.90 Å². The van der Waals surface area contributed by atoms with Gasteiger partial charge in [0.1, 0.15) is 0 Å². The van der Waals surface area contributed by atoms with Crippen LogP contribution < -0.4 is 0 Å². The van der Waals surface area contributed by atoms with Crippen LogP contribution in [0.5, 0.6) is 0 Å². The standard InChI is InChI=1S/C13H16N2O2/c16-12-4-3-10-7-15(8-11(10)12)13(17)9-2-1-5-14-6-9/h1-2,5-6,10-12,16H,3-4,7-8H2. The molecule has 2 fully saturated rings. The summed E-state index contributed by atoms with van der Waals surface area (Å²) in [5.41, 5.74) is 0.641. The van der Waals surface area contributed by atoms with E-state index in [1.807, 2.05) is 4.90 Å². The SMILES string of the molecule is O=C(c1cccnc1)N1CC2CCC(O)C2C1. The lowest BCUT2D eigenvalue weighted by Gasteiger charge is -2.18. The lowest BCUT2D eigenvalue weighted by atomic mass is 10.00. The number of nitrogens with zero attached hydrogens (tertiary/aromatic N) is 2. The molecule has 1 N–H and O–H groups in total. The number of hydrogen-bond donors (Lipinski definition) is 1. The van der Waals surface area contributed by atoms with E-state index in [0.717, 1.165) is 19.4 Å². The molecule has 0 radical (unpaired) electrons. The van der Waals surface area contributed by atoms with Crippen molar-refractivity contribution in [2.75, 3.05) is 13.1 Å². The first-order chi connectivity index (χ1) is 8.25. The first-order valence-corrected chi connectivity index (χ1v) is 6.13. The third-order valence-electron chi connectivity index (χ3n) is 4.01. The van der Waals surface area contributed by atoms with Crippen LogP contribution in [-0.4, -0.2) is 40.1 Å². The van der Waals surface area contributed by atoms with Gasteiger partial charge >= 0.3 is 0 Å². The molecule has 3 atom stereocenters. The van der Waals surface area contributed by atoms with Gasteiger partial charge in [0.15, 0.2) is 0 Å². The first-order valence-electron chi connectivity index (χ1n) is 6.13. The van der Waals surface area contributed by atoms with Crippen LogP contribution >= 0.6 is 0 Å². The predicted octanol–water partition coefficient (Wildman–Crippen LogP) is 0.924. The zero-order valence-corrected chi connectivity index (χ0v) is 9.62. The van der Waals surface area contributed by atoms with Gasteiger partial charge in [0.05, 0.1) is 11.7 Å². The predicted molar refractivity (Wildman–Crippen MR) is 62.4 cm³/mol. The Hall–Kier alpha value is -1.42. The summed E-state index contributed by atoms with van der Waals surface area (Å²) in [7, 11) is 0. The molecule has 1 aromatic heterocycles. The second kappa shape index (κ2) is 4.11. The number of fused-ring (bicyclic) bond motifs is 1. The maximum atomic E-state index is 12.2. The number of likely N-dealkylation sites (tertiary alicyclic amines) is 1. The van der Waals surface area contributed by atoms with Crippen LogP contribution in [0.4, 0.5) is 0 Å². The molecule has 1 saturated heterocycles. The Bertz CT molecular complexity index is 421. The Morgan fingerprint density at radius 3 is 3.00 bits per heavy atom. The summed E-state index contributed by atoms with van der Waals surface area (Å²) in [6.45, 7) is 1.48. The highest BCUT2D eigenvalue weighted by Gasteiger charge is 2.43. The Kier molecular flexibility index (Phi) is 2.59. The minimum Gasteiger partial charge on any atom is -0.393 e. The van der Waals surface area contributed by atoms with Gasteiger partial charge in [0.2, 0.25) is 0 Å². The van der Waals surface area contributed by atoms with Gasteiger partial charge < -0.3 is 10.0 Å². The molecule has 90 valence electrons. The second-order valence-electron chi connectivity index (χ2n) is 5.02. The summed E-state index contributed by atoms with van der Waals surface area (Å²) in [5.74, 6) is 0.820. The maximum absolute atomic E-state index is 12.2. The second-order valence-corrected chi connectivity index (χ2v) is 5.02. The molecular weight excluding hydrogens is 216 g/mol. The van der Waals surface area contributed by atoms with Crippen molar-refractivity contribution < 1.29 is 9.90 Å². The third kappa shape index (κ3) is 1.82. The number of aliphatic hydroxyl groups is 1. The largest absolute Gasteiger partial charge is 0.393 e. The number of carbonyl (C=O) groups excluding carboxylic acids is 1. The molecule has 0 aromatic carbocycles. The number of carbonyl (C=O) groups is 1. The molecule has 1 saturated carbocycles. The van der Waals surface area contributed by atoms with E-state index in [-0.39, 0.29) is 17.9 Å². The van der Waals surface area contributed by atoms with Gasteiger partial charge in [-0.25, -0.2) is 0 Å². The first kappa shape index (κ1) is 10.7. The van der Waals surface area contributed by atoms with Crippen molar-refractivity contribution in [1.82, 2.24) is 9.88 Å². The molecular formula is C13H16N2O2. The molecule has 4 heteroatoms. The van der Waals surface area contributed by atoms with Gasteiger partial charge in [0, 0.05) is 31.4 Å². The van der Waals surface area contributed by atoms with E-state index in [4.69, 9.17) is 0 Å². The van der Waals surface area contributed by atoms with Crippen molar-refractivity contribution >= 4 is 5.91 Å². The van der Waals surface area contributed by atoms with Crippen molar-refractivity contribution in [3.05, 3.63) is 30.1 Å². The topological polar surface area (TPSA) is 53.4 Å². The zero-order valence-electron chi connectivity index (χ0n) is 9.62. The van der Waals surface area contributed by atoms with Crippen molar-refractivity contribution in [1.29, 1.82) is 0 Å². The van der Waals surface area contributed by atoms with Crippen molar-refractivity contribution in [3.63, 3.8) is 0 Å². The van der Waals surface area contributed by atoms with Crippen molar-refractivity contribution in [3.8, 4) is 0 Å². The van der Waals surface area contributed by atoms with Crippen molar-refractivity contribution in [2.24, 2.45) is 11.8 Å². The minimum atomic E-state index is -0.216. The quantitative estimate of drug-likeness (QED) is 0.783. The molecule has 2 heterocycles. The Labute approximate surface area is 100 Å². The van der Waals surface area contributed by atoms with Crippen LogP contribution in [0.3, 0.4) is 0 Å². The van der Waals surface area contributed by atoms with E-state index in [1.165, 1.54) is 0 Å². The van der Waals surface area contributed by atoms with Gasteiger partial charge in [-0.15, -0.1) is 0 Å². The van der Waals surface area contributed by atoms with Crippen LogP contribution in [0.15, 0.2) is 24.5 Å². The molecule has 0 spiro atoms. The number of pyridine rings is 1. The fourth-order valence-electron chi connectivity index (χ4n) is 3.07. The molecule has 0 bridgehead atoms. The van der Waals surface area contributed by atoms with Gasteiger partial charge in [-0.05, 0) is 30.9 Å². The van der Waals surface area contributed by atoms with E-state index in [0.29, 0.717) is 18.0 Å². The fourth-order valence-corrected chi connectivity index (χ4v) is 3.07.